The lowest BCUT2D eigenvalue weighted by molar-refractivity contribution is -0.130. The Labute approximate surface area is 184 Å². The molecule has 4 fully saturated rings. The van der Waals surface area contributed by atoms with Crippen molar-refractivity contribution >= 4 is 27.7 Å². The van der Waals surface area contributed by atoms with Crippen LogP contribution >= 0.6 is 11.8 Å². The van der Waals surface area contributed by atoms with E-state index in [-0.39, 0.29) is 34.7 Å². The zero-order valence-electron chi connectivity index (χ0n) is 18.2. The Morgan fingerprint density at radius 1 is 1.20 bits per heavy atom. The lowest BCUT2D eigenvalue weighted by atomic mass is 9.68. The van der Waals surface area contributed by atoms with Crippen LogP contribution in [0.1, 0.15) is 39.0 Å². The zero-order chi connectivity index (χ0) is 21.5. The van der Waals surface area contributed by atoms with Crippen LogP contribution in [0.2, 0.25) is 0 Å². The molecular weight excluding hydrogens is 424 g/mol. The molecule has 3 N–H and O–H groups in total. The van der Waals surface area contributed by atoms with Gasteiger partial charge in [-0.25, -0.2) is 8.42 Å². The normalized spacial score (nSPS) is 42.8. The van der Waals surface area contributed by atoms with Gasteiger partial charge in [-0.2, -0.15) is 4.31 Å². The van der Waals surface area contributed by atoms with Gasteiger partial charge in [-0.15, -0.1) is 11.8 Å². The number of hydrogen-bond donors (Lipinski definition) is 3. The Bertz CT molecular complexity index is 722. The molecule has 1 aliphatic carbocycles. The molecule has 8 atom stereocenters. The minimum Gasteiger partial charge on any atom is -0.381 e. The van der Waals surface area contributed by atoms with Crippen molar-refractivity contribution in [3.8, 4) is 0 Å². The quantitative estimate of drug-likeness (QED) is 0.551. The zero-order valence-corrected chi connectivity index (χ0v) is 19.8. The number of sulfonamides is 1. The highest BCUT2D eigenvalue weighted by atomic mass is 32.2. The number of nitrogens with zero attached hydrogens (tertiary/aromatic N) is 1. The smallest absolute Gasteiger partial charge is 0.226 e. The molecule has 0 radical (unpaired) electrons. The molecule has 8 nitrogen and oxygen atoms in total. The van der Waals surface area contributed by atoms with Crippen LogP contribution in [0.15, 0.2) is 0 Å². The number of amides is 1. The van der Waals surface area contributed by atoms with Crippen molar-refractivity contribution in [1.82, 2.24) is 20.3 Å². The minimum absolute atomic E-state index is 0.0580. The Hall–Kier alpha value is -0.390. The van der Waals surface area contributed by atoms with Gasteiger partial charge >= 0.3 is 0 Å². The van der Waals surface area contributed by atoms with Gasteiger partial charge in [0.2, 0.25) is 15.9 Å². The monoisotopic (exact) mass is 460 g/mol. The highest BCUT2D eigenvalue weighted by Crippen LogP contribution is 2.40. The predicted molar refractivity (Wildman–Crippen MR) is 118 cm³/mol. The number of thioether (sulfide) groups is 1. The Kier molecular flexibility index (Phi) is 7.01. The van der Waals surface area contributed by atoms with Crippen LogP contribution in [-0.2, 0) is 19.6 Å². The predicted octanol–water partition coefficient (Wildman–Crippen LogP) is 0.554. The van der Waals surface area contributed by atoms with Crippen LogP contribution in [0.4, 0.5) is 0 Å². The molecule has 4 rings (SSSR count). The van der Waals surface area contributed by atoms with Gasteiger partial charge in [0, 0.05) is 44.1 Å². The Balaban J connectivity index is 1.38. The van der Waals surface area contributed by atoms with Crippen molar-refractivity contribution in [1.29, 1.82) is 0 Å². The fraction of sp³-hybridized carbons (Fsp3) is 0.950. The first-order valence-corrected chi connectivity index (χ1v) is 14.0. The second-order valence-electron chi connectivity index (χ2n) is 9.45. The molecular formula is C20H36N4O4S2. The van der Waals surface area contributed by atoms with Crippen molar-refractivity contribution in [2.45, 2.75) is 68.0 Å². The molecule has 1 amide bonds. The number of piperidine rings is 1. The van der Waals surface area contributed by atoms with E-state index >= 15 is 0 Å². The molecule has 3 heterocycles. The molecule has 0 aromatic heterocycles. The standard InChI is InChI=1S/C20H36N4O4S2/c1-12-8-14(13-6-4-5-7-17(13)28-2)15(9-21-12)19(25)23-20-22-16-10-24(30(3,26)27)11-18(16)29-20/h12-18,20-22H,4-11H2,1-3H3,(H,23,25). The molecule has 3 aliphatic heterocycles. The van der Waals surface area contributed by atoms with Gasteiger partial charge in [-0.1, -0.05) is 12.8 Å². The Morgan fingerprint density at radius 2 is 1.97 bits per heavy atom. The SMILES string of the molecule is COC1CCCCC1C1CC(C)NCC1C(=O)NC1NC2CN(S(C)(=O)=O)CC2S1. The Morgan fingerprint density at radius 3 is 2.67 bits per heavy atom. The van der Waals surface area contributed by atoms with Crippen LogP contribution < -0.4 is 16.0 Å². The summed E-state index contributed by atoms with van der Waals surface area (Å²) in [5, 5.41) is 10.3. The molecule has 3 saturated heterocycles. The van der Waals surface area contributed by atoms with Crippen LogP contribution in [0.3, 0.4) is 0 Å². The molecule has 0 spiro atoms. The summed E-state index contributed by atoms with van der Waals surface area (Å²) in [7, 11) is -1.36. The molecule has 8 unspecified atom stereocenters. The van der Waals surface area contributed by atoms with E-state index in [0.29, 0.717) is 37.5 Å². The summed E-state index contributed by atoms with van der Waals surface area (Å²) < 4.78 is 30.9. The maximum absolute atomic E-state index is 13.3. The van der Waals surface area contributed by atoms with Crippen molar-refractivity contribution in [3.63, 3.8) is 0 Å². The number of ether oxygens (including phenoxy) is 1. The molecule has 0 bridgehead atoms. The molecule has 0 aromatic carbocycles. The first kappa shape index (κ1) is 22.8. The molecule has 30 heavy (non-hydrogen) atoms. The van der Waals surface area contributed by atoms with E-state index < -0.39 is 10.0 Å². The molecule has 0 aromatic rings. The van der Waals surface area contributed by atoms with Crippen molar-refractivity contribution in [3.05, 3.63) is 0 Å². The third kappa shape index (κ3) is 4.83. The maximum atomic E-state index is 13.3. The van der Waals surface area contributed by atoms with Crippen LogP contribution in [0.25, 0.3) is 0 Å². The summed E-state index contributed by atoms with van der Waals surface area (Å²) in [6.45, 7) is 3.90. The molecule has 172 valence electrons. The third-order valence-corrected chi connectivity index (χ3v) is 10.0. The van der Waals surface area contributed by atoms with Crippen molar-refractivity contribution in [2.75, 3.05) is 33.0 Å². The van der Waals surface area contributed by atoms with Gasteiger partial charge in [0.05, 0.1) is 18.3 Å². The summed E-state index contributed by atoms with van der Waals surface area (Å²) in [6.07, 6.45) is 7.18. The second-order valence-corrected chi connectivity index (χ2v) is 12.8. The van der Waals surface area contributed by atoms with Crippen molar-refractivity contribution < 1.29 is 17.9 Å². The van der Waals surface area contributed by atoms with Gasteiger partial charge < -0.3 is 15.4 Å². The summed E-state index contributed by atoms with van der Waals surface area (Å²) in [4.78, 5) is 13.3. The number of methoxy groups -OCH3 is 1. The van der Waals surface area contributed by atoms with E-state index in [2.05, 4.69) is 22.9 Å². The maximum Gasteiger partial charge on any atom is 0.226 e. The highest BCUT2D eigenvalue weighted by Gasteiger charge is 2.46. The van der Waals surface area contributed by atoms with Gasteiger partial charge in [0.1, 0.15) is 5.50 Å². The van der Waals surface area contributed by atoms with E-state index in [1.165, 1.54) is 23.4 Å². The summed E-state index contributed by atoms with van der Waals surface area (Å²) in [5.74, 6) is 0.816. The minimum atomic E-state index is -3.16. The topological polar surface area (TPSA) is 99.8 Å². The number of nitrogens with one attached hydrogen (secondary N) is 3. The average molecular weight is 461 g/mol. The van der Waals surface area contributed by atoms with E-state index in [9.17, 15) is 13.2 Å². The van der Waals surface area contributed by atoms with E-state index in [4.69, 9.17) is 4.74 Å². The second kappa shape index (κ2) is 9.23. The molecule has 10 heteroatoms. The van der Waals surface area contributed by atoms with Crippen LogP contribution in [-0.4, -0.2) is 80.6 Å². The average Bonchev–Trinajstić information content (AvgIpc) is 3.26. The number of carbonyl (C=O) groups excluding carboxylic acids is 1. The summed E-state index contributed by atoms with van der Waals surface area (Å²) in [6, 6.07) is 0.505. The first-order valence-electron chi connectivity index (χ1n) is 11.2. The fourth-order valence-corrected chi connectivity index (χ4v) is 8.20. The van der Waals surface area contributed by atoms with E-state index in [1.54, 1.807) is 18.9 Å². The molecule has 4 aliphatic rings. The van der Waals surface area contributed by atoms with Crippen LogP contribution in [0, 0.1) is 17.8 Å². The number of hydrogen-bond acceptors (Lipinski definition) is 7. The first-order chi connectivity index (χ1) is 14.3. The fourth-order valence-electron chi connectivity index (χ4n) is 5.83. The lowest BCUT2D eigenvalue weighted by Gasteiger charge is -2.44. The number of carbonyl (C=O) groups is 1. The van der Waals surface area contributed by atoms with Gasteiger partial charge in [0.25, 0.3) is 0 Å². The summed E-state index contributed by atoms with van der Waals surface area (Å²) in [5.41, 5.74) is -0.154. The highest BCUT2D eigenvalue weighted by molar-refractivity contribution is 8.00. The van der Waals surface area contributed by atoms with E-state index in [0.717, 1.165) is 19.3 Å². The lowest BCUT2D eigenvalue weighted by Crippen LogP contribution is -2.55. The van der Waals surface area contributed by atoms with Gasteiger partial charge in [-0.05, 0) is 38.0 Å². The molecule has 1 saturated carbocycles. The van der Waals surface area contributed by atoms with Crippen molar-refractivity contribution in [2.24, 2.45) is 17.8 Å². The number of fused-ring (bicyclic) bond motifs is 1. The van der Waals surface area contributed by atoms with E-state index in [1.807, 2.05) is 0 Å². The summed E-state index contributed by atoms with van der Waals surface area (Å²) >= 11 is 1.64. The number of rotatable bonds is 5. The van der Waals surface area contributed by atoms with Gasteiger partial charge in [0.15, 0.2) is 0 Å². The van der Waals surface area contributed by atoms with Crippen LogP contribution in [0.5, 0.6) is 0 Å². The van der Waals surface area contributed by atoms with Gasteiger partial charge in [-0.3, -0.25) is 10.1 Å². The third-order valence-electron chi connectivity index (χ3n) is 7.42. The largest absolute Gasteiger partial charge is 0.381 e.